The van der Waals surface area contributed by atoms with Crippen LogP contribution in [0.15, 0.2) is 36.7 Å². The molecule has 2 aromatic carbocycles. The molecule has 3 rings (SSSR count). The van der Waals surface area contributed by atoms with E-state index in [4.69, 9.17) is 31.3 Å². The summed E-state index contributed by atoms with van der Waals surface area (Å²) in [6.07, 6.45) is 1.41. The van der Waals surface area contributed by atoms with Crippen molar-refractivity contribution in [1.29, 1.82) is 0 Å². The number of halogens is 2. The molecule has 0 aliphatic rings. The lowest BCUT2D eigenvalue weighted by Crippen LogP contribution is -2.33. The van der Waals surface area contributed by atoms with Gasteiger partial charge in [-0.1, -0.05) is 11.6 Å². The molecule has 8 nitrogen and oxygen atoms in total. The second kappa shape index (κ2) is 11.1. The number of rotatable bonds is 11. The molecule has 0 aliphatic heterocycles. The number of anilines is 2. The molecule has 0 saturated heterocycles. The molecule has 1 aromatic heterocycles. The van der Waals surface area contributed by atoms with Crippen molar-refractivity contribution in [2.24, 2.45) is 0 Å². The molecular weight excluding hydrogens is 427 g/mol. The number of nitrogens with one attached hydrogen (secondary N) is 1. The molecule has 3 N–H and O–H groups in total. The number of hydrogen-bond acceptors (Lipinski definition) is 8. The van der Waals surface area contributed by atoms with Crippen molar-refractivity contribution in [1.82, 2.24) is 14.9 Å². The Morgan fingerprint density at radius 2 is 1.84 bits per heavy atom. The molecule has 0 aliphatic carbocycles. The molecule has 10 heteroatoms. The Bertz CT molecular complexity index is 1020. The van der Waals surface area contributed by atoms with Crippen molar-refractivity contribution in [3.63, 3.8) is 0 Å². The summed E-state index contributed by atoms with van der Waals surface area (Å²) < 4.78 is 24.8. The number of methoxy groups -OCH3 is 1. The highest BCUT2D eigenvalue weighted by Gasteiger charge is 2.13. The lowest BCUT2D eigenvalue weighted by atomic mass is 10.2. The van der Waals surface area contributed by atoms with E-state index in [1.165, 1.54) is 18.5 Å². The predicted octanol–water partition coefficient (Wildman–Crippen LogP) is 2.84. The molecule has 1 heterocycles. The molecule has 0 saturated carbocycles. The van der Waals surface area contributed by atoms with E-state index >= 15 is 0 Å². The third-order valence-electron chi connectivity index (χ3n) is 4.60. The van der Waals surface area contributed by atoms with E-state index in [0.29, 0.717) is 60.1 Å². The normalized spacial score (nSPS) is 11.2. The van der Waals surface area contributed by atoms with Crippen LogP contribution in [0, 0.1) is 5.82 Å². The van der Waals surface area contributed by atoms with Gasteiger partial charge in [0.25, 0.3) is 0 Å². The Hall–Kier alpha value is -2.72. The van der Waals surface area contributed by atoms with Crippen molar-refractivity contribution >= 4 is 34.0 Å². The predicted molar refractivity (Wildman–Crippen MR) is 117 cm³/mol. The molecule has 0 unspecified atom stereocenters. The first kappa shape index (κ1) is 23.0. The molecule has 0 amide bonds. The van der Waals surface area contributed by atoms with Gasteiger partial charge in [0.15, 0.2) is 11.5 Å². The standard InChI is InChI=1S/C21H24ClFN4O4/c1-30-19-12-18-15(11-20(19)31-9-6-27(4-7-28)5-8-29)21(25-13-24-18)26-14-2-3-17(23)16(22)10-14/h2-3,10-13,28-29H,4-9H2,1H3,(H,24,25,26). The smallest absolute Gasteiger partial charge is 0.162 e. The van der Waals surface area contributed by atoms with Crippen LogP contribution >= 0.6 is 11.6 Å². The molecule has 3 aromatic rings. The molecule has 0 spiro atoms. The number of ether oxygens (including phenoxy) is 2. The average molecular weight is 451 g/mol. The maximum Gasteiger partial charge on any atom is 0.162 e. The largest absolute Gasteiger partial charge is 0.493 e. The van der Waals surface area contributed by atoms with Gasteiger partial charge in [-0.3, -0.25) is 4.90 Å². The van der Waals surface area contributed by atoms with Crippen molar-refractivity contribution < 1.29 is 24.1 Å². The lowest BCUT2D eigenvalue weighted by molar-refractivity contribution is 0.140. The number of nitrogens with zero attached hydrogens (tertiary/aromatic N) is 3. The highest BCUT2D eigenvalue weighted by molar-refractivity contribution is 6.31. The van der Waals surface area contributed by atoms with Crippen LogP contribution in [0.1, 0.15) is 0 Å². The molecule has 31 heavy (non-hydrogen) atoms. The summed E-state index contributed by atoms with van der Waals surface area (Å²) in [5, 5.41) is 22.1. The SMILES string of the molecule is COc1cc2ncnc(Nc3ccc(F)c(Cl)c3)c2cc1OCCN(CCO)CCO. The fourth-order valence-electron chi connectivity index (χ4n) is 3.05. The van der Waals surface area contributed by atoms with Crippen molar-refractivity contribution in [3.05, 3.63) is 47.5 Å². The van der Waals surface area contributed by atoms with Gasteiger partial charge in [0, 0.05) is 36.8 Å². The third-order valence-corrected chi connectivity index (χ3v) is 4.89. The summed E-state index contributed by atoms with van der Waals surface area (Å²) >= 11 is 5.87. The van der Waals surface area contributed by atoms with E-state index in [-0.39, 0.29) is 18.2 Å². The Morgan fingerprint density at radius 1 is 1.06 bits per heavy atom. The van der Waals surface area contributed by atoms with Gasteiger partial charge < -0.3 is 25.0 Å². The first-order chi connectivity index (χ1) is 15.0. The van der Waals surface area contributed by atoms with Gasteiger partial charge in [-0.25, -0.2) is 14.4 Å². The number of aliphatic hydroxyl groups is 2. The maximum absolute atomic E-state index is 13.5. The van der Waals surface area contributed by atoms with Crippen LogP contribution in [-0.2, 0) is 0 Å². The molecule has 0 fully saturated rings. The first-order valence-electron chi connectivity index (χ1n) is 9.67. The van der Waals surface area contributed by atoms with Crippen LogP contribution in [0.5, 0.6) is 11.5 Å². The van der Waals surface area contributed by atoms with Crippen LogP contribution in [0.3, 0.4) is 0 Å². The molecule has 0 atom stereocenters. The van der Waals surface area contributed by atoms with Gasteiger partial charge >= 0.3 is 0 Å². The van der Waals surface area contributed by atoms with Gasteiger partial charge in [0.1, 0.15) is 24.6 Å². The van der Waals surface area contributed by atoms with E-state index in [1.807, 2.05) is 4.90 Å². The van der Waals surface area contributed by atoms with Crippen molar-refractivity contribution in [3.8, 4) is 11.5 Å². The zero-order chi connectivity index (χ0) is 22.2. The summed E-state index contributed by atoms with van der Waals surface area (Å²) in [5.74, 6) is 1.01. The fraction of sp³-hybridized carbons (Fsp3) is 0.333. The number of hydrogen-bond donors (Lipinski definition) is 3. The van der Waals surface area contributed by atoms with E-state index in [1.54, 1.807) is 25.3 Å². The van der Waals surface area contributed by atoms with Gasteiger partial charge in [-0.2, -0.15) is 0 Å². The number of fused-ring (bicyclic) bond motifs is 1. The minimum atomic E-state index is -0.503. The third kappa shape index (κ3) is 5.92. The summed E-state index contributed by atoms with van der Waals surface area (Å²) in [6, 6.07) is 7.82. The number of aromatic nitrogens is 2. The zero-order valence-electron chi connectivity index (χ0n) is 17.0. The number of aliphatic hydroxyl groups excluding tert-OH is 2. The van der Waals surface area contributed by atoms with Crippen LogP contribution in [0.25, 0.3) is 10.9 Å². The van der Waals surface area contributed by atoms with Gasteiger partial charge in [0.05, 0.1) is 30.9 Å². The van der Waals surface area contributed by atoms with Crippen LogP contribution < -0.4 is 14.8 Å². The first-order valence-corrected chi connectivity index (χ1v) is 10.0. The second-order valence-corrected chi connectivity index (χ2v) is 7.04. The Labute approximate surface area is 184 Å². The molecular formula is C21H24ClFN4O4. The monoisotopic (exact) mass is 450 g/mol. The minimum absolute atomic E-state index is 0.000927. The van der Waals surface area contributed by atoms with Crippen molar-refractivity contribution in [2.75, 3.05) is 51.9 Å². The molecule has 0 radical (unpaired) electrons. The number of benzene rings is 2. The molecule has 0 bridgehead atoms. The summed E-state index contributed by atoms with van der Waals surface area (Å²) in [7, 11) is 1.54. The van der Waals surface area contributed by atoms with Gasteiger partial charge in [-0.15, -0.1) is 0 Å². The quantitative estimate of drug-likeness (QED) is 0.410. The van der Waals surface area contributed by atoms with E-state index in [2.05, 4.69) is 15.3 Å². The van der Waals surface area contributed by atoms with Crippen molar-refractivity contribution in [2.45, 2.75) is 0 Å². The highest BCUT2D eigenvalue weighted by Crippen LogP contribution is 2.35. The van der Waals surface area contributed by atoms with E-state index in [0.717, 1.165) is 0 Å². The fourth-order valence-corrected chi connectivity index (χ4v) is 3.23. The molecule has 166 valence electrons. The lowest BCUT2D eigenvalue weighted by Gasteiger charge is -2.20. The van der Waals surface area contributed by atoms with Gasteiger partial charge in [0.2, 0.25) is 0 Å². The minimum Gasteiger partial charge on any atom is -0.493 e. The maximum atomic E-state index is 13.5. The van der Waals surface area contributed by atoms with Crippen LogP contribution in [0.4, 0.5) is 15.9 Å². The summed E-state index contributed by atoms with van der Waals surface area (Å²) in [6.45, 7) is 1.73. The average Bonchev–Trinajstić information content (AvgIpc) is 2.76. The van der Waals surface area contributed by atoms with Crippen LogP contribution in [0.2, 0.25) is 5.02 Å². The highest BCUT2D eigenvalue weighted by atomic mass is 35.5. The van der Waals surface area contributed by atoms with Crippen LogP contribution in [-0.4, -0.2) is 71.6 Å². The topological polar surface area (TPSA) is 100.0 Å². The second-order valence-electron chi connectivity index (χ2n) is 6.63. The zero-order valence-corrected chi connectivity index (χ0v) is 17.8. The van der Waals surface area contributed by atoms with E-state index < -0.39 is 5.82 Å². The van der Waals surface area contributed by atoms with Gasteiger partial charge in [-0.05, 0) is 24.3 Å². The summed E-state index contributed by atoms with van der Waals surface area (Å²) in [4.78, 5) is 10.5. The Balaban J connectivity index is 1.84. The van der Waals surface area contributed by atoms with E-state index in [9.17, 15) is 4.39 Å². The Kier molecular flexibility index (Phi) is 8.19. The Morgan fingerprint density at radius 3 is 2.52 bits per heavy atom. The summed E-state index contributed by atoms with van der Waals surface area (Å²) in [5.41, 5.74) is 1.21.